The van der Waals surface area contributed by atoms with Crippen molar-refractivity contribution < 1.29 is 32.6 Å². The fourth-order valence-electron chi connectivity index (χ4n) is 0.996. The summed E-state index contributed by atoms with van der Waals surface area (Å²) >= 11 is 0. The first kappa shape index (κ1) is 14.2. The van der Waals surface area contributed by atoms with Crippen molar-refractivity contribution >= 4 is 0 Å². The van der Waals surface area contributed by atoms with Gasteiger partial charge in [-0.3, -0.25) is 0 Å². The van der Waals surface area contributed by atoms with Crippen LogP contribution in [0.15, 0.2) is 0 Å². The van der Waals surface area contributed by atoms with Gasteiger partial charge < -0.3 is 10.2 Å². The van der Waals surface area contributed by atoms with Crippen molar-refractivity contribution in [2.75, 3.05) is 6.61 Å². The first-order valence-corrected chi connectivity index (χ1v) is 3.70. The molecule has 0 aromatic carbocycles. The first-order chi connectivity index (χ1) is 4.41. The molecule has 1 unspecified atom stereocenters. The van der Waals surface area contributed by atoms with E-state index in [-0.39, 0.29) is 40.3 Å². The van der Waals surface area contributed by atoms with Gasteiger partial charge in [-0.2, -0.15) is 0 Å². The van der Waals surface area contributed by atoms with E-state index in [1.807, 2.05) is 27.7 Å². The second kappa shape index (κ2) is 5.33. The molecule has 0 bridgehead atoms. The molecule has 0 aromatic heterocycles. The van der Waals surface area contributed by atoms with Crippen molar-refractivity contribution in [3.05, 3.63) is 0 Å². The Morgan fingerprint density at radius 1 is 1.27 bits per heavy atom. The second-order valence-electron chi connectivity index (χ2n) is 3.84. The maximum absolute atomic E-state index is 9.49. The van der Waals surface area contributed by atoms with E-state index in [0.29, 0.717) is 0 Å². The molecule has 0 heterocycles. The standard InChI is InChI=1S/C8H18O2.Au/c1-6(2)7(10)8(3,4)5-9;/h6-7,9-10H,5H2,1-4H3;. The van der Waals surface area contributed by atoms with E-state index in [0.717, 1.165) is 0 Å². The zero-order valence-electron chi connectivity index (χ0n) is 7.56. The van der Waals surface area contributed by atoms with Crippen molar-refractivity contribution in [2.24, 2.45) is 11.3 Å². The Labute approximate surface area is 84.5 Å². The number of hydrogen-bond acceptors (Lipinski definition) is 2. The van der Waals surface area contributed by atoms with Gasteiger partial charge in [-0.25, -0.2) is 0 Å². The predicted molar refractivity (Wildman–Crippen MR) is 41.7 cm³/mol. The van der Waals surface area contributed by atoms with Crippen LogP contribution in [0.3, 0.4) is 0 Å². The topological polar surface area (TPSA) is 40.5 Å². The van der Waals surface area contributed by atoms with Gasteiger partial charge in [0.05, 0.1) is 12.7 Å². The summed E-state index contributed by atoms with van der Waals surface area (Å²) < 4.78 is 0. The average Bonchev–Trinajstić information content (AvgIpc) is 1.86. The van der Waals surface area contributed by atoms with Gasteiger partial charge in [-0.15, -0.1) is 0 Å². The van der Waals surface area contributed by atoms with E-state index < -0.39 is 6.10 Å². The van der Waals surface area contributed by atoms with Crippen molar-refractivity contribution in [3.63, 3.8) is 0 Å². The zero-order valence-corrected chi connectivity index (χ0v) is 9.72. The Kier molecular flexibility index (Phi) is 6.88. The van der Waals surface area contributed by atoms with Crippen LogP contribution in [0, 0.1) is 11.3 Å². The van der Waals surface area contributed by atoms with Crippen LogP contribution in [0.1, 0.15) is 27.7 Å². The van der Waals surface area contributed by atoms with Crippen LogP contribution in [0.2, 0.25) is 0 Å². The van der Waals surface area contributed by atoms with Crippen LogP contribution >= 0.6 is 0 Å². The molecule has 0 saturated heterocycles. The van der Waals surface area contributed by atoms with Crippen molar-refractivity contribution in [1.29, 1.82) is 0 Å². The molecular weight excluding hydrogens is 325 g/mol. The van der Waals surface area contributed by atoms with E-state index in [1.54, 1.807) is 0 Å². The third-order valence-corrected chi connectivity index (χ3v) is 1.84. The summed E-state index contributed by atoms with van der Waals surface area (Å²) in [5.41, 5.74) is -0.367. The number of rotatable bonds is 3. The van der Waals surface area contributed by atoms with E-state index in [9.17, 15) is 5.11 Å². The Morgan fingerprint density at radius 2 is 1.64 bits per heavy atom. The fourth-order valence-corrected chi connectivity index (χ4v) is 0.996. The molecule has 1 radical (unpaired) electrons. The summed E-state index contributed by atoms with van der Waals surface area (Å²) in [6.45, 7) is 7.64. The van der Waals surface area contributed by atoms with Gasteiger partial charge in [0.2, 0.25) is 0 Å². The van der Waals surface area contributed by atoms with Crippen molar-refractivity contribution in [3.8, 4) is 0 Å². The molecule has 1 atom stereocenters. The van der Waals surface area contributed by atoms with Crippen molar-refractivity contribution in [2.45, 2.75) is 33.8 Å². The fraction of sp³-hybridized carbons (Fsp3) is 1.00. The molecule has 0 saturated carbocycles. The summed E-state index contributed by atoms with van der Waals surface area (Å²) in [6, 6.07) is 0. The van der Waals surface area contributed by atoms with Gasteiger partial charge in [0.25, 0.3) is 0 Å². The summed E-state index contributed by atoms with van der Waals surface area (Å²) in [5.74, 6) is 0.210. The smallest absolute Gasteiger partial charge is 0.0635 e. The molecule has 11 heavy (non-hydrogen) atoms. The summed E-state index contributed by atoms with van der Waals surface area (Å²) in [5, 5.41) is 18.3. The normalized spacial score (nSPS) is 14.5. The quantitative estimate of drug-likeness (QED) is 0.752. The average molecular weight is 343 g/mol. The SMILES string of the molecule is CC(C)C(O)C(C)(C)CO.[Au]. The second-order valence-corrected chi connectivity index (χ2v) is 3.84. The third kappa shape index (κ3) is 4.28. The molecule has 73 valence electrons. The number of aliphatic hydroxyl groups is 2. The predicted octanol–water partition coefficient (Wildman–Crippen LogP) is 1.02. The molecule has 0 aliphatic heterocycles. The van der Waals surface area contributed by atoms with Gasteiger partial charge in [-0.1, -0.05) is 27.7 Å². The van der Waals surface area contributed by atoms with E-state index in [1.165, 1.54) is 0 Å². The molecular formula is C8H18AuO2. The van der Waals surface area contributed by atoms with Gasteiger partial charge in [0.15, 0.2) is 0 Å². The molecule has 0 amide bonds. The van der Waals surface area contributed by atoms with E-state index in [4.69, 9.17) is 5.11 Å². The molecule has 2 nitrogen and oxygen atoms in total. The van der Waals surface area contributed by atoms with Crippen LogP contribution in [-0.2, 0) is 22.4 Å². The van der Waals surface area contributed by atoms with E-state index in [2.05, 4.69) is 0 Å². The van der Waals surface area contributed by atoms with Crippen LogP contribution in [0.5, 0.6) is 0 Å². The van der Waals surface area contributed by atoms with Crippen LogP contribution in [0.4, 0.5) is 0 Å². The van der Waals surface area contributed by atoms with Gasteiger partial charge in [0, 0.05) is 27.8 Å². The summed E-state index contributed by atoms with van der Waals surface area (Å²) in [4.78, 5) is 0. The molecule has 2 N–H and O–H groups in total. The first-order valence-electron chi connectivity index (χ1n) is 3.70. The van der Waals surface area contributed by atoms with Gasteiger partial charge >= 0.3 is 0 Å². The monoisotopic (exact) mass is 343 g/mol. The molecule has 0 rings (SSSR count). The Bertz CT molecular complexity index is 102. The minimum Gasteiger partial charge on any atom is -0.396 e. The third-order valence-electron chi connectivity index (χ3n) is 1.84. The maximum Gasteiger partial charge on any atom is 0.0635 e. The van der Waals surface area contributed by atoms with Crippen LogP contribution < -0.4 is 0 Å². The Hall–Kier alpha value is 0.660. The summed E-state index contributed by atoms with van der Waals surface area (Å²) in [6.07, 6.45) is -0.419. The number of aliphatic hydroxyl groups excluding tert-OH is 2. The van der Waals surface area contributed by atoms with Crippen LogP contribution in [-0.4, -0.2) is 22.9 Å². The van der Waals surface area contributed by atoms with Crippen molar-refractivity contribution in [1.82, 2.24) is 0 Å². The minimum absolute atomic E-state index is 0. The molecule has 0 aliphatic rings. The summed E-state index contributed by atoms with van der Waals surface area (Å²) in [7, 11) is 0. The number of hydrogen-bond donors (Lipinski definition) is 2. The molecule has 0 aliphatic carbocycles. The largest absolute Gasteiger partial charge is 0.396 e. The minimum atomic E-state index is -0.419. The molecule has 0 fully saturated rings. The van der Waals surface area contributed by atoms with Crippen LogP contribution in [0.25, 0.3) is 0 Å². The van der Waals surface area contributed by atoms with E-state index >= 15 is 0 Å². The molecule has 3 heteroatoms. The van der Waals surface area contributed by atoms with Gasteiger partial charge in [0.1, 0.15) is 0 Å². The molecule has 0 spiro atoms. The van der Waals surface area contributed by atoms with Gasteiger partial charge in [-0.05, 0) is 5.92 Å². The Balaban J connectivity index is 0. The Morgan fingerprint density at radius 3 is 1.73 bits per heavy atom. The zero-order chi connectivity index (χ0) is 8.36. The maximum atomic E-state index is 9.49. The molecule has 0 aromatic rings.